The van der Waals surface area contributed by atoms with Gasteiger partial charge in [0.25, 0.3) is 0 Å². The summed E-state index contributed by atoms with van der Waals surface area (Å²) in [7, 11) is 1.99. The van der Waals surface area contributed by atoms with Crippen molar-refractivity contribution in [2.24, 2.45) is 0 Å². The van der Waals surface area contributed by atoms with Crippen molar-refractivity contribution in [2.75, 3.05) is 17.7 Å². The molecule has 2 aromatic rings. The van der Waals surface area contributed by atoms with Crippen LogP contribution in [0.15, 0.2) is 36.8 Å². The highest BCUT2D eigenvalue weighted by molar-refractivity contribution is 5.54. The fraction of sp³-hybridized carbons (Fsp3) is 0.231. The van der Waals surface area contributed by atoms with Crippen LogP contribution in [0.2, 0.25) is 0 Å². The summed E-state index contributed by atoms with van der Waals surface area (Å²) in [6, 6.07) is 5.87. The third-order valence-corrected chi connectivity index (χ3v) is 2.66. The quantitative estimate of drug-likeness (QED) is 0.873. The minimum Gasteiger partial charge on any atom is -0.398 e. The van der Waals surface area contributed by atoms with E-state index in [4.69, 9.17) is 5.73 Å². The molecule has 0 saturated heterocycles. The maximum atomic E-state index is 5.87. The first kappa shape index (κ1) is 11.4. The number of pyridine rings is 2. The van der Waals surface area contributed by atoms with Crippen LogP contribution in [-0.2, 0) is 6.54 Å². The Bertz CT molecular complexity index is 496. The topological polar surface area (TPSA) is 55.0 Å². The first-order valence-corrected chi connectivity index (χ1v) is 5.49. The van der Waals surface area contributed by atoms with Crippen LogP contribution in [0.3, 0.4) is 0 Å². The van der Waals surface area contributed by atoms with E-state index in [-0.39, 0.29) is 0 Å². The Morgan fingerprint density at radius 1 is 1.35 bits per heavy atom. The zero-order valence-corrected chi connectivity index (χ0v) is 10.1. The molecule has 0 aromatic carbocycles. The van der Waals surface area contributed by atoms with Crippen LogP contribution in [0, 0.1) is 6.92 Å². The van der Waals surface area contributed by atoms with Crippen LogP contribution < -0.4 is 10.6 Å². The lowest BCUT2D eigenvalue weighted by molar-refractivity contribution is 0.891. The van der Waals surface area contributed by atoms with Gasteiger partial charge in [-0.2, -0.15) is 0 Å². The fourth-order valence-corrected chi connectivity index (χ4v) is 1.58. The maximum absolute atomic E-state index is 5.87. The zero-order chi connectivity index (χ0) is 12.3. The van der Waals surface area contributed by atoms with Gasteiger partial charge in [0, 0.05) is 43.9 Å². The number of nitrogens with two attached hydrogens (primary N) is 1. The molecule has 4 nitrogen and oxygen atoms in total. The summed E-state index contributed by atoms with van der Waals surface area (Å²) in [5.74, 6) is 0.872. The summed E-state index contributed by atoms with van der Waals surface area (Å²) in [6.45, 7) is 2.72. The Morgan fingerprint density at radius 2 is 2.18 bits per heavy atom. The molecule has 2 rings (SSSR count). The molecule has 0 aliphatic rings. The summed E-state index contributed by atoms with van der Waals surface area (Å²) in [5, 5.41) is 0. The smallest absolute Gasteiger partial charge is 0.130 e. The molecule has 0 aliphatic heterocycles. The lowest BCUT2D eigenvalue weighted by atomic mass is 10.2. The molecule has 0 fully saturated rings. The van der Waals surface area contributed by atoms with E-state index in [1.54, 1.807) is 12.4 Å². The molecule has 0 aliphatic carbocycles. The average molecular weight is 228 g/mol. The van der Waals surface area contributed by atoms with E-state index in [0.717, 1.165) is 29.2 Å². The van der Waals surface area contributed by atoms with Crippen molar-refractivity contribution in [3.05, 3.63) is 47.9 Å². The van der Waals surface area contributed by atoms with Crippen LogP contribution in [0.4, 0.5) is 11.5 Å². The third kappa shape index (κ3) is 2.72. The van der Waals surface area contributed by atoms with Crippen molar-refractivity contribution in [3.63, 3.8) is 0 Å². The summed E-state index contributed by atoms with van der Waals surface area (Å²) in [6.07, 6.45) is 5.42. The van der Waals surface area contributed by atoms with Crippen LogP contribution in [0.1, 0.15) is 11.1 Å². The number of rotatable bonds is 3. The molecule has 0 unspecified atom stereocenters. The number of anilines is 2. The first-order valence-electron chi connectivity index (χ1n) is 5.49. The van der Waals surface area contributed by atoms with E-state index < -0.39 is 0 Å². The number of nitrogen functional groups attached to an aromatic ring is 1. The highest BCUT2D eigenvalue weighted by atomic mass is 15.2. The molecule has 0 bridgehead atoms. The molecule has 0 spiro atoms. The van der Waals surface area contributed by atoms with Crippen molar-refractivity contribution in [1.82, 2.24) is 9.97 Å². The number of hydrogen-bond donors (Lipinski definition) is 1. The summed E-state index contributed by atoms with van der Waals surface area (Å²) >= 11 is 0. The van der Waals surface area contributed by atoms with Crippen molar-refractivity contribution in [3.8, 4) is 0 Å². The van der Waals surface area contributed by atoms with Crippen molar-refractivity contribution in [2.45, 2.75) is 13.5 Å². The normalized spacial score (nSPS) is 10.2. The van der Waals surface area contributed by atoms with Gasteiger partial charge < -0.3 is 10.6 Å². The van der Waals surface area contributed by atoms with Crippen molar-refractivity contribution >= 4 is 11.5 Å². The van der Waals surface area contributed by atoms with Gasteiger partial charge in [-0.3, -0.25) is 4.98 Å². The second-order valence-electron chi connectivity index (χ2n) is 4.12. The average Bonchev–Trinajstić information content (AvgIpc) is 2.34. The zero-order valence-electron chi connectivity index (χ0n) is 10.1. The van der Waals surface area contributed by atoms with Gasteiger partial charge in [-0.15, -0.1) is 0 Å². The van der Waals surface area contributed by atoms with E-state index in [9.17, 15) is 0 Å². The molecule has 0 atom stereocenters. The minimum absolute atomic E-state index is 0.767. The molecule has 2 heterocycles. The summed E-state index contributed by atoms with van der Waals surface area (Å²) < 4.78 is 0. The Kier molecular flexibility index (Phi) is 3.23. The molecule has 2 aromatic heterocycles. The van der Waals surface area contributed by atoms with E-state index in [1.165, 1.54) is 0 Å². The Labute approximate surface area is 101 Å². The predicted octanol–water partition coefficient (Wildman–Crippen LogP) is 2.00. The lowest BCUT2D eigenvalue weighted by Crippen LogP contribution is -2.18. The Hall–Kier alpha value is -2.10. The van der Waals surface area contributed by atoms with Crippen LogP contribution in [0.25, 0.3) is 0 Å². The van der Waals surface area contributed by atoms with Gasteiger partial charge in [0.1, 0.15) is 5.82 Å². The third-order valence-electron chi connectivity index (χ3n) is 2.66. The first-order chi connectivity index (χ1) is 8.16. The highest BCUT2D eigenvalue weighted by Crippen LogP contribution is 2.17. The Balaban J connectivity index is 2.14. The van der Waals surface area contributed by atoms with E-state index >= 15 is 0 Å². The van der Waals surface area contributed by atoms with Gasteiger partial charge in [0.2, 0.25) is 0 Å². The van der Waals surface area contributed by atoms with Gasteiger partial charge in [0.15, 0.2) is 0 Å². The number of aryl methyl sites for hydroxylation is 1. The van der Waals surface area contributed by atoms with Crippen molar-refractivity contribution < 1.29 is 0 Å². The lowest BCUT2D eigenvalue weighted by Gasteiger charge is -2.18. The van der Waals surface area contributed by atoms with E-state index in [2.05, 4.69) is 9.97 Å². The standard InChI is InChI=1S/C13H16N4/c1-10-7-16-13(6-12(10)14)17(2)9-11-4-3-5-15-8-11/h3-8H,9H2,1-2H3,(H2,14,16). The number of hydrogen-bond acceptors (Lipinski definition) is 4. The SMILES string of the molecule is Cc1cnc(N(C)Cc2cccnc2)cc1N. The monoisotopic (exact) mass is 228 g/mol. The van der Waals surface area contributed by atoms with Gasteiger partial charge >= 0.3 is 0 Å². The minimum atomic E-state index is 0.767. The Morgan fingerprint density at radius 3 is 2.82 bits per heavy atom. The molecule has 0 amide bonds. The molecule has 0 saturated carbocycles. The second kappa shape index (κ2) is 4.82. The number of nitrogens with zero attached hydrogens (tertiary/aromatic N) is 3. The van der Waals surface area contributed by atoms with E-state index in [1.807, 2.05) is 43.3 Å². The van der Waals surface area contributed by atoms with Gasteiger partial charge in [-0.25, -0.2) is 4.98 Å². The molecule has 88 valence electrons. The molecular weight excluding hydrogens is 212 g/mol. The molecule has 17 heavy (non-hydrogen) atoms. The fourth-order valence-electron chi connectivity index (χ4n) is 1.58. The van der Waals surface area contributed by atoms with Gasteiger partial charge in [0.05, 0.1) is 0 Å². The number of aromatic nitrogens is 2. The summed E-state index contributed by atoms with van der Waals surface area (Å²) in [5.41, 5.74) is 8.80. The summed E-state index contributed by atoms with van der Waals surface area (Å²) in [4.78, 5) is 10.5. The van der Waals surface area contributed by atoms with E-state index in [0.29, 0.717) is 0 Å². The van der Waals surface area contributed by atoms with Crippen molar-refractivity contribution in [1.29, 1.82) is 0 Å². The second-order valence-corrected chi connectivity index (χ2v) is 4.12. The highest BCUT2D eigenvalue weighted by Gasteiger charge is 2.05. The molecule has 2 N–H and O–H groups in total. The molecular formula is C13H16N4. The maximum Gasteiger partial charge on any atom is 0.130 e. The molecule has 0 radical (unpaired) electrons. The van der Waals surface area contributed by atoms with Crippen LogP contribution >= 0.6 is 0 Å². The van der Waals surface area contributed by atoms with Crippen LogP contribution in [-0.4, -0.2) is 17.0 Å². The van der Waals surface area contributed by atoms with Gasteiger partial charge in [-0.05, 0) is 24.1 Å². The predicted molar refractivity (Wildman–Crippen MR) is 69.7 cm³/mol. The molecule has 4 heteroatoms. The van der Waals surface area contributed by atoms with Crippen LogP contribution in [0.5, 0.6) is 0 Å². The largest absolute Gasteiger partial charge is 0.398 e. The van der Waals surface area contributed by atoms with Gasteiger partial charge in [-0.1, -0.05) is 6.07 Å².